The maximum Gasteiger partial charge on any atom is 0.323 e. The van der Waals surface area contributed by atoms with Crippen molar-refractivity contribution in [2.45, 2.75) is 57.9 Å². The highest BCUT2D eigenvalue weighted by Gasteiger charge is 2.60. The van der Waals surface area contributed by atoms with Crippen LogP contribution >= 0.6 is 0 Å². The van der Waals surface area contributed by atoms with Crippen LogP contribution in [0.25, 0.3) is 0 Å². The van der Waals surface area contributed by atoms with E-state index in [1.165, 1.54) is 19.3 Å². The highest BCUT2D eigenvalue weighted by molar-refractivity contribution is 5.80. The number of carboxylic acid groups (broad SMARTS) is 1. The van der Waals surface area contributed by atoms with Crippen molar-refractivity contribution < 1.29 is 14.7 Å². The number of carboxylic acids is 1. The van der Waals surface area contributed by atoms with E-state index in [0.717, 1.165) is 19.3 Å². The molecular weight excluding hydrogens is 256 g/mol. The molecule has 0 aromatic heterocycles. The van der Waals surface area contributed by atoms with Crippen molar-refractivity contribution in [2.75, 3.05) is 6.54 Å². The maximum atomic E-state index is 12.0. The van der Waals surface area contributed by atoms with Gasteiger partial charge in [-0.2, -0.15) is 0 Å². The van der Waals surface area contributed by atoms with E-state index in [-0.39, 0.29) is 18.1 Å². The van der Waals surface area contributed by atoms with E-state index in [4.69, 9.17) is 5.11 Å². The highest BCUT2D eigenvalue weighted by atomic mass is 16.4. The summed E-state index contributed by atoms with van der Waals surface area (Å²) < 4.78 is 0. The first-order valence-electron chi connectivity index (χ1n) is 7.50. The second-order valence-corrected chi connectivity index (χ2v) is 8.11. The molecule has 4 saturated carbocycles. The number of hydrogen-bond donors (Lipinski definition) is 3. The van der Waals surface area contributed by atoms with E-state index in [2.05, 4.69) is 24.5 Å². The summed E-state index contributed by atoms with van der Waals surface area (Å²) in [5.74, 6) is -0.300. The number of carbonyl (C=O) groups excluding carboxylic acids is 1. The fourth-order valence-corrected chi connectivity index (χ4v) is 6.03. The smallest absolute Gasteiger partial charge is 0.323 e. The van der Waals surface area contributed by atoms with Crippen LogP contribution in [0.2, 0.25) is 0 Å². The minimum absolute atomic E-state index is 0.120. The van der Waals surface area contributed by atoms with Crippen LogP contribution in [0.4, 0.5) is 4.79 Å². The molecule has 5 nitrogen and oxygen atoms in total. The van der Waals surface area contributed by atoms with Gasteiger partial charge in [-0.05, 0) is 55.3 Å². The van der Waals surface area contributed by atoms with E-state index < -0.39 is 5.97 Å². The first-order chi connectivity index (χ1) is 9.22. The molecule has 4 rings (SSSR count). The minimum Gasteiger partial charge on any atom is -0.480 e. The van der Waals surface area contributed by atoms with Crippen LogP contribution in [-0.2, 0) is 4.79 Å². The van der Waals surface area contributed by atoms with Crippen LogP contribution in [0, 0.1) is 16.7 Å². The van der Waals surface area contributed by atoms with Crippen LogP contribution in [0.1, 0.15) is 52.4 Å². The molecule has 0 aromatic carbocycles. The van der Waals surface area contributed by atoms with Gasteiger partial charge in [0.2, 0.25) is 0 Å². The average Bonchev–Trinajstić information content (AvgIpc) is 2.20. The topological polar surface area (TPSA) is 78.4 Å². The van der Waals surface area contributed by atoms with Gasteiger partial charge in [0.1, 0.15) is 6.54 Å². The second-order valence-electron chi connectivity index (χ2n) is 8.11. The Bertz CT molecular complexity index is 444. The lowest BCUT2D eigenvalue weighted by atomic mass is 9.43. The van der Waals surface area contributed by atoms with Gasteiger partial charge >= 0.3 is 12.0 Å². The predicted octanol–water partition coefficient (Wildman–Crippen LogP) is 2.12. The number of urea groups is 1. The standard InChI is InChI=1S/C15H24N2O3/c1-13-3-10-4-14(2,7-13)9-15(5-10,8-13)17-12(20)16-6-11(18)19/h10H,3-9H2,1-2H3,(H,18,19)(H2,16,17,20). The molecular formula is C15H24N2O3. The third-order valence-corrected chi connectivity index (χ3v) is 5.41. The number of amides is 2. The Balaban J connectivity index is 1.72. The molecule has 4 bridgehead atoms. The molecule has 4 aliphatic carbocycles. The molecule has 0 radical (unpaired) electrons. The minimum atomic E-state index is -1.01. The van der Waals surface area contributed by atoms with E-state index >= 15 is 0 Å². The Kier molecular flexibility index (Phi) is 2.82. The van der Waals surface area contributed by atoms with Gasteiger partial charge in [-0.1, -0.05) is 13.8 Å². The van der Waals surface area contributed by atoms with Gasteiger partial charge in [0, 0.05) is 5.54 Å². The molecule has 3 N–H and O–H groups in total. The van der Waals surface area contributed by atoms with Crippen LogP contribution in [0.15, 0.2) is 0 Å². The van der Waals surface area contributed by atoms with E-state index in [0.29, 0.717) is 16.7 Å². The zero-order valence-corrected chi connectivity index (χ0v) is 12.3. The van der Waals surface area contributed by atoms with E-state index in [1.54, 1.807) is 0 Å². The summed E-state index contributed by atoms with van der Waals surface area (Å²) in [6, 6.07) is -0.332. The largest absolute Gasteiger partial charge is 0.480 e. The van der Waals surface area contributed by atoms with Crippen molar-refractivity contribution >= 4 is 12.0 Å². The Morgan fingerprint density at radius 3 is 2.20 bits per heavy atom. The first-order valence-corrected chi connectivity index (χ1v) is 7.50. The van der Waals surface area contributed by atoms with Crippen molar-refractivity contribution in [3.8, 4) is 0 Å². The average molecular weight is 280 g/mol. The van der Waals surface area contributed by atoms with Gasteiger partial charge in [-0.25, -0.2) is 4.79 Å². The van der Waals surface area contributed by atoms with Crippen molar-refractivity contribution in [1.29, 1.82) is 0 Å². The summed E-state index contributed by atoms with van der Waals surface area (Å²) in [5.41, 5.74) is 0.563. The summed E-state index contributed by atoms with van der Waals surface area (Å²) in [6.45, 7) is 4.38. The molecule has 112 valence electrons. The Labute approximate surface area is 119 Å². The molecule has 2 unspecified atom stereocenters. The lowest BCUT2D eigenvalue weighted by molar-refractivity contribution is -0.135. The molecule has 0 spiro atoms. The summed E-state index contributed by atoms with van der Waals surface area (Å²) in [4.78, 5) is 22.5. The van der Waals surface area contributed by atoms with Crippen LogP contribution in [0.3, 0.4) is 0 Å². The molecule has 4 aliphatic rings. The lowest BCUT2D eigenvalue weighted by Gasteiger charge is -2.65. The summed E-state index contributed by atoms with van der Waals surface area (Å²) in [7, 11) is 0. The Hall–Kier alpha value is -1.26. The van der Waals surface area contributed by atoms with Crippen LogP contribution < -0.4 is 10.6 Å². The molecule has 0 saturated heterocycles. The molecule has 20 heavy (non-hydrogen) atoms. The molecule has 2 amide bonds. The number of carbonyl (C=O) groups is 2. The maximum absolute atomic E-state index is 12.0. The third-order valence-electron chi connectivity index (χ3n) is 5.41. The van der Waals surface area contributed by atoms with E-state index in [1.807, 2.05) is 0 Å². The van der Waals surface area contributed by atoms with Crippen molar-refractivity contribution in [3.05, 3.63) is 0 Å². The van der Waals surface area contributed by atoms with Gasteiger partial charge in [-0.15, -0.1) is 0 Å². The van der Waals surface area contributed by atoms with Gasteiger partial charge < -0.3 is 15.7 Å². The summed E-state index contributed by atoms with van der Waals surface area (Å²) in [6.07, 6.45) is 6.94. The van der Waals surface area contributed by atoms with Crippen LogP contribution in [-0.4, -0.2) is 29.2 Å². The number of aliphatic carboxylic acids is 1. The fraction of sp³-hybridized carbons (Fsp3) is 0.867. The summed E-state index contributed by atoms with van der Waals surface area (Å²) >= 11 is 0. The molecule has 2 atom stereocenters. The second kappa shape index (κ2) is 4.12. The highest BCUT2D eigenvalue weighted by Crippen LogP contribution is 2.66. The predicted molar refractivity (Wildman–Crippen MR) is 74.3 cm³/mol. The SMILES string of the molecule is CC12CC3CC(C)(C1)CC(NC(=O)NCC(=O)O)(C3)C2. The van der Waals surface area contributed by atoms with Gasteiger partial charge in [0.25, 0.3) is 0 Å². The third kappa shape index (κ3) is 2.38. The van der Waals surface area contributed by atoms with Gasteiger partial charge in [0.05, 0.1) is 0 Å². The monoisotopic (exact) mass is 280 g/mol. The zero-order valence-electron chi connectivity index (χ0n) is 12.3. The molecule has 4 fully saturated rings. The quantitative estimate of drug-likeness (QED) is 0.741. The van der Waals surface area contributed by atoms with Crippen molar-refractivity contribution in [2.24, 2.45) is 16.7 Å². The Morgan fingerprint density at radius 2 is 1.70 bits per heavy atom. The zero-order chi connectivity index (χ0) is 14.6. The van der Waals surface area contributed by atoms with Crippen LogP contribution in [0.5, 0.6) is 0 Å². The summed E-state index contributed by atoms with van der Waals surface area (Å²) in [5, 5.41) is 14.2. The molecule has 0 aliphatic heterocycles. The first kappa shape index (κ1) is 13.7. The van der Waals surface area contributed by atoms with Gasteiger partial charge in [0.15, 0.2) is 0 Å². The normalized spacial score (nSPS) is 45.2. The Morgan fingerprint density at radius 1 is 1.10 bits per heavy atom. The van der Waals surface area contributed by atoms with Gasteiger partial charge in [-0.3, -0.25) is 4.79 Å². The number of hydrogen-bond acceptors (Lipinski definition) is 2. The number of rotatable bonds is 3. The molecule has 5 heteroatoms. The van der Waals surface area contributed by atoms with Crippen molar-refractivity contribution in [1.82, 2.24) is 10.6 Å². The lowest BCUT2D eigenvalue weighted by Crippen LogP contribution is -2.66. The fourth-order valence-electron chi connectivity index (χ4n) is 6.03. The molecule has 0 heterocycles. The van der Waals surface area contributed by atoms with E-state index in [9.17, 15) is 9.59 Å². The molecule has 0 aromatic rings. The van der Waals surface area contributed by atoms with Crippen molar-refractivity contribution in [3.63, 3.8) is 0 Å². The number of nitrogens with one attached hydrogen (secondary N) is 2.